The van der Waals surface area contributed by atoms with Crippen molar-refractivity contribution < 1.29 is 26.3 Å². The van der Waals surface area contributed by atoms with E-state index in [1.807, 2.05) is 0 Å². The first-order chi connectivity index (χ1) is 10.1. The molecule has 1 unspecified atom stereocenters. The third-order valence-electron chi connectivity index (χ3n) is 3.25. The Morgan fingerprint density at radius 2 is 1.55 bits per heavy atom. The Morgan fingerprint density at radius 1 is 0.955 bits per heavy atom. The van der Waals surface area contributed by atoms with E-state index in [2.05, 4.69) is 4.99 Å². The molecule has 0 spiro atoms. The van der Waals surface area contributed by atoms with Gasteiger partial charge in [-0.2, -0.15) is 26.3 Å². The van der Waals surface area contributed by atoms with Crippen molar-refractivity contribution in [2.75, 3.05) is 5.73 Å². The number of anilines is 1. The van der Waals surface area contributed by atoms with Gasteiger partial charge in [-0.15, -0.1) is 0 Å². The van der Waals surface area contributed by atoms with Crippen molar-refractivity contribution in [3.05, 3.63) is 41.5 Å². The minimum Gasteiger partial charge on any atom is -0.399 e. The number of aliphatic imine (C=N–C) groups is 1. The third kappa shape index (κ3) is 3.80. The molecule has 0 aromatic heterocycles. The lowest BCUT2D eigenvalue weighted by atomic mass is 10.00. The number of rotatable bonds is 3. The van der Waals surface area contributed by atoms with Gasteiger partial charge in [-0.05, 0) is 36.6 Å². The van der Waals surface area contributed by atoms with Crippen molar-refractivity contribution in [1.29, 1.82) is 0 Å². The van der Waals surface area contributed by atoms with Crippen LogP contribution < -0.4 is 5.73 Å². The second-order valence-electron chi connectivity index (χ2n) is 4.91. The molecule has 0 amide bonds. The smallest absolute Gasteiger partial charge is 0.399 e. The summed E-state index contributed by atoms with van der Waals surface area (Å²) in [5.74, 6) is 0. The van der Waals surface area contributed by atoms with E-state index in [0.29, 0.717) is 11.3 Å². The van der Waals surface area contributed by atoms with Crippen LogP contribution >= 0.6 is 0 Å². The molecule has 0 aliphatic carbocycles. The molecule has 0 radical (unpaired) electrons. The normalized spacial score (nSPS) is 19.1. The van der Waals surface area contributed by atoms with Gasteiger partial charge in [0.25, 0.3) is 0 Å². The van der Waals surface area contributed by atoms with Crippen LogP contribution in [0.25, 0.3) is 0 Å². The van der Waals surface area contributed by atoms with E-state index in [1.165, 1.54) is 0 Å². The predicted octanol–water partition coefficient (Wildman–Crippen LogP) is 4.08. The fourth-order valence-corrected chi connectivity index (χ4v) is 2.15. The first kappa shape index (κ1) is 16.4. The molecule has 1 aromatic rings. The fraction of sp³-hybridized carbons (Fsp3) is 0.357. The molecule has 0 saturated carbocycles. The number of halogens is 6. The van der Waals surface area contributed by atoms with E-state index in [4.69, 9.17) is 5.73 Å². The standard InChI is InChI=1S/C14H12F6N2/c15-13(16,17)10-7-12(14(18,19)20)22-11(10)6-3-8-1-4-9(21)5-2-8/h1-2,4-5,7,11H,3,6,21H2. The van der Waals surface area contributed by atoms with E-state index in [0.717, 1.165) is 0 Å². The van der Waals surface area contributed by atoms with E-state index in [9.17, 15) is 26.3 Å². The number of hydrogen-bond donors (Lipinski definition) is 1. The summed E-state index contributed by atoms with van der Waals surface area (Å²) in [6, 6.07) is 4.86. The molecule has 2 rings (SSSR count). The molecule has 1 heterocycles. The summed E-state index contributed by atoms with van der Waals surface area (Å²) in [6.45, 7) is 0. The zero-order valence-electron chi connectivity index (χ0n) is 11.2. The average molecular weight is 322 g/mol. The SMILES string of the molecule is Nc1ccc(CCC2N=C(C(F)(F)F)C=C2C(F)(F)F)cc1. The molecule has 2 N–H and O–H groups in total. The van der Waals surface area contributed by atoms with Crippen LogP contribution in [0, 0.1) is 0 Å². The van der Waals surface area contributed by atoms with Crippen LogP contribution in [0.4, 0.5) is 32.0 Å². The van der Waals surface area contributed by atoms with E-state index in [-0.39, 0.29) is 18.9 Å². The van der Waals surface area contributed by atoms with E-state index in [1.54, 1.807) is 24.3 Å². The first-order valence-corrected chi connectivity index (χ1v) is 6.35. The molecule has 0 bridgehead atoms. The molecule has 0 fully saturated rings. The maximum Gasteiger partial charge on any atom is 0.432 e. The first-order valence-electron chi connectivity index (χ1n) is 6.35. The molecule has 1 atom stereocenters. The third-order valence-corrected chi connectivity index (χ3v) is 3.25. The van der Waals surface area contributed by atoms with E-state index >= 15 is 0 Å². The zero-order chi connectivity index (χ0) is 16.5. The highest BCUT2D eigenvalue weighted by atomic mass is 19.4. The van der Waals surface area contributed by atoms with Crippen LogP contribution in [0.15, 0.2) is 40.9 Å². The molecule has 8 heteroatoms. The van der Waals surface area contributed by atoms with Crippen molar-refractivity contribution in [1.82, 2.24) is 0 Å². The molecule has 2 nitrogen and oxygen atoms in total. The quantitative estimate of drug-likeness (QED) is 0.661. The van der Waals surface area contributed by atoms with Crippen molar-refractivity contribution in [2.45, 2.75) is 31.2 Å². The number of aryl methyl sites for hydroxylation is 1. The van der Waals surface area contributed by atoms with Crippen LogP contribution in [0.5, 0.6) is 0 Å². The minimum atomic E-state index is -4.88. The van der Waals surface area contributed by atoms with Gasteiger partial charge in [-0.25, -0.2) is 0 Å². The second kappa shape index (κ2) is 5.66. The highest BCUT2D eigenvalue weighted by Crippen LogP contribution is 2.37. The maximum atomic E-state index is 12.8. The Balaban J connectivity index is 2.15. The summed E-state index contributed by atoms with van der Waals surface area (Å²) in [4.78, 5) is 3.19. The number of hydrogen-bond acceptors (Lipinski definition) is 2. The highest BCUT2D eigenvalue weighted by molar-refractivity contribution is 6.02. The molecule has 1 aromatic carbocycles. The van der Waals surface area contributed by atoms with Crippen molar-refractivity contribution in [3.8, 4) is 0 Å². The van der Waals surface area contributed by atoms with Crippen LogP contribution in [-0.4, -0.2) is 24.1 Å². The number of nitrogen functional groups attached to an aromatic ring is 1. The Morgan fingerprint density at radius 3 is 2.05 bits per heavy atom. The van der Waals surface area contributed by atoms with Crippen LogP contribution in [0.1, 0.15) is 12.0 Å². The van der Waals surface area contributed by atoms with Gasteiger partial charge in [-0.1, -0.05) is 12.1 Å². The molecule has 0 saturated heterocycles. The van der Waals surface area contributed by atoms with Crippen molar-refractivity contribution in [2.24, 2.45) is 4.99 Å². The predicted molar refractivity (Wildman–Crippen MR) is 70.6 cm³/mol. The fourth-order valence-electron chi connectivity index (χ4n) is 2.15. The summed E-state index contributed by atoms with van der Waals surface area (Å²) >= 11 is 0. The molecular formula is C14H12F6N2. The number of nitrogens with zero attached hydrogens (tertiary/aromatic N) is 1. The van der Waals surface area contributed by atoms with Gasteiger partial charge in [0.2, 0.25) is 0 Å². The number of benzene rings is 1. The van der Waals surface area contributed by atoms with Crippen LogP contribution in [0.3, 0.4) is 0 Å². The number of nitrogens with two attached hydrogens (primary N) is 1. The molecule has 120 valence electrons. The van der Waals surface area contributed by atoms with Gasteiger partial charge in [-0.3, -0.25) is 4.99 Å². The minimum absolute atomic E-state index is 0.0909. The van der Waals surface area contributed by atoms with Gasteiger partial charge in [0.05, 0.1) is 11.6 Å². The Kier molecular flexibility index (Phi) is 4.21. The monoisotopic (exact) mass is 322 g/mol. The van der Waals surface area contributed by atoms with E-state index < -0.39 is 29.7 Å². The summed E-state index contributed by atoms with van der Waals surface area (Å²) in [7, 11) is 0. The molecular weight excluding hydrogens is 310 g/mol. The molecule has 1 aliphatic heterocycles. The van der Waals surface area contributed by atoms with Gasteiger partial charge < -0.3 is 5.73 Å². The summed E-state index contributed by atoms with van der Waals surface area (Å²) in [5, 5.41) is 0. The largest absolute Gasteiger partial charge is 0.432 e. The molecule has 1 aliphatic rings. The number of alkyl halides is 6. The Bertz CT molecular complexity index is 595. The summed E-state index contributed by atoms with van der Waals surface area (Å²) in [6.07, 6.45) is -9.61. The number of allylic oxidation sites excluding steroid dienone is 1. The van der Waals surface area contributed by atoms with Gasteiger partial charge in [0.1, 0.15) is 5.71 Å². The lowest BCUT2D eigenvalue weighted by Crippen LogP contribution is -2.21. The second-order valence-corrected chi connectivity index (χ2v) is 4.91. The van der Waals surface area contributed by atoms with Gasteiger partial charge in [0, 0.05) is 5.69 Å². The molecule has 22 heavy (non-hydrogen) atoms. The summed E-state index contributed by atoms with van der Waals surface area (Å²) < 4.78 is 76.1. The average Bonchev–Trinajstić information content (AvgIpc) is 2.82. The van der Waals surface area contributed by atoms with Gasteiger partial charge >= 0.3 is 12.4 Å². The van der Waals surface area contributed by atoms with Crippen LogP contribution in [-0.2, 0) is 6.42 Å². The lowest BCUT2D eigenvalue weighted by molar-refractivity contribution is -0.0950. The van der Waals surface area contributed by atoms with Crippen molar-refractivity contribution in [3.63, 3.8) is 0 Å². The Hall–Kier alpha value is -1.99. The highest BCUT2D eigenvalue weighted by Gasteiger charge is 2.46. The van der Waals surface area contributed by atoms with Crippen LogP contribution in [0.2, 0.25) is 0 Å². The Labute approximate surface area is 122 Å². The maximum absolute atomic E-state index is 12.8. The zero-order valence-corrected chi connectivity index (χ0v) is 11.2. The topological polar surface area (TPSA) is 38.4 Å². The van der Waals surface area contributed by atoms with Crippen molar-refractivity contribution >= 4 is 11.4 Å². The summed E-state index contributed by atoms with van der Waals surface area (Å²) in [5.41, 5.74) is 3.93. The lowest BCUT2D eigenvalue weighted by Gasteiger charge is -2.15. The van der Waals surface area contributed by atoms with Gasteiger partial charge in [0.15, 0.2) is 0 Å².